The predicted octanol–water partition coefficient (Wildman–Crippen LogP) is 6.62. The first-order valence-electron chi connectivity index (χ1n) is 11.3. The van der Waals surface area contributed by atoms with Gasteiger partial charge in [-0.15, -0.1) is 0 Å². The van der Waals surface area contributed by atoms with Crippen molar-refractivity contribution >= 4 is 0 Å². The standard InChI is InChI=1S/C28H28F2N2O/c1-19(2)16-21-10-6-7-11-24(21)28(14-12-22(29)17-25(28)30)15-13-23-18-26(33)32-27(31-23)20-8-4-3-5-9-20/h3-12,17-19H,13-16H2,1-2H3,(H,31,32,33). The van der Waals surface area contributed by atoms with E-state index in [0.29, 0.717) is 30.3 Å². The molecule has 0 aliphatic heterocycles. The molecule has 0 radical (unpaired) electrons. The van der Waals surface area contributed by atoms with E-state index in [1.165, 1.54) is 12.1 Å². The van der Waals surface area contributed by atoms with Crippen LogP contribution in [0, 0.1) is 5.92 Å². The van der Waals surface area contributed by atoms with Crippen molar-refractivity contribution in [3.05, 3.63) is 112 Å². The summed E-state index contributed by atoms with van der Waals surface area (Å²) in [4.78, 5) is 19.7. The zero-order valence-corrected chi connectivity index (χ0v) is 18.9. The van der Waals surface area contributed by atoms with Gasteiger partial charge in [-0.2, -0.15) is 0 Å². The summed E-state index contributed by atoms with van der Waals surface area (Å²) in [5.41, 5.74) is 2.10. The Morgan fingerprint density at radius 1 is 1.06 bits per heavy atom. The molecule has 0 amide bonds. The third-order valence-electron chi connectivity index (χ3n) is 6.18. The first-order chi connectivity index (χ1) is 15.9. The van der Waals surface area contributed by atoms with E-state index in [1.54, 1.807) is 0 Å². The van der Waals surface area contributed by atoms with Gasteiger partial charge in [-0.05, 0) is 48.8 Å². The number of hydrogen-bond acceptors (Lipinski definition) is 2. The quantitative estimate of drug-likeness (QED) is 0.443. The number of hydrogen-bond donors (Lipinski definition) is 1. The minimum atomic E-state index is -0.988. The molecule has 2 aromatic carbocycles. The van der Waals surface area contributed by atoms with E-state index in [0.717, 1.165) is 29.2 Å². The van der Waals surface area contributed by atoms with Crippen molar-refractivity contribution < 1.29 is 8.78 Å². The SMILES string of the molecule is CC(C)Cc1ccccc1C1(CCc2cc(=O)[nH]c(-c3ccccc3)n2)CC=C(F)C=C1F. The number of halogens is 2. The van der Waals surface area contributed by atoms with E-state index in [4.69, 9.17) is 0 Å². The van der Waals surface area contributed by atoms with E-state index < -0.39 is 17.1 Å². The molecule has 1 aliphatic carbocycles. The maximum atomic E-state index is 15.6. The van der Waals surface area contributed by atoms with Gasteiger partial charge in [0, 0.05) is 23.4 Å². The van der Waals surface area contributed by atoms with Crippen LogP contribution >= 0.6 is 0 Å². The lowest BCUT2D eigenvalue weighted by Crippen LogP contribution is -2.31. The Bertz CT molecular complexity index is 1240. The normalized spacial score (nSPS) is 18.2. The van der Waals surface area contributed by atoms with Crippen LogP contribution in [0.5, 0.6) is 0 Å². The molecule has 3 aromatic rings. The highest BCUT2D eigenvalue weighted by Gasteiger charge is 2.40. The van der Waals surface area contributed by atoms with Gasteiger partial charge in [-0.3, -0.25) is 4.79 Å². The number of aryl methyl sites for hydroxylation is 1. The number of H-pyrrole nitrogens is 1. The van der Waals surface area contributed by atoms with E-state index in [-0.39, 0.29) is 12.0 Å². The molecule has 0 saturated carbocycles. The van der Waals surface area contributed by atoms with Crippen molar-refractivity contribution in [1.29, 1.82) is 0 Å². The summed E-state index contributed by atoms with van der Waals surface area (Å²) in [5, 5.41) is 0. The van der Waals surface area contributed by atoms with Crippen LogP contribution in [0.3, 0.4) is 0 Å². The summed E-state index contributed by atoms with van der Waals surface area (Å²) in [6.45, 7) is 4.25. The van der Waals surface area contributed by atoms with Gasteiger partial charge in [0.25, 0.3) is 5.56 Å². The smallest absolute Gasteiger partial charge is 0.251 e. The predicted molar refractivity (Wildman–Crippen MR) is 128 cm³/mol. The Morgan fingerprint density at radius 2 is 1.79 bits per heavy atom. The van der Waals surface area contributed by atoms with E-state index in [2.05, 4.69) is 23.8 Å². The molecule has 0 bridgehead atoms. The highest BCUT2D eigenvalue weighted by molar-refractivity contribution is 5.54. The monoisotopic (exact) mass is 446 g/mol. The fourth-order valence-electron chi connectivity index (χ4n) is 4.60. The third kappa shape index (κ3) is 5.03. The molecule has 33 heavy (non-hydrogen) atoms. The molecular formula is C28H28F2N2O. The Labute approximate surface area is 192 Å². The topological polar surface area (TPSA) is 45.8 Å². The van der Waals surface area contributed by atoms with Gasteiger partial charge in [-0.1, -0.05) is 68.4 Å². The van der Waals surface area contributed by atoms with Crippen LogP contribution in [0.2, 0.25) is 0 Å². The van der Waals surface area contributed by atoms with E-state index in [9.17, 15) is 9.18 Å². The van der Waals surface area contributed by atoms with Crippen LogP contribution in [-0.2, 0) is 18.3 Å². The maximum absolute atomic E-state index is 15.6. The summed E-state index contributed by atoms with van der Waals surface area (Å²) >= 11 is 0. The summed E-state index contributed by atoms with van der Waals surface area (Å²) in [5.74, 6) is -0.149. The number of nitrogens with one attached hydrogen (secondary N) is 1. The molecular weight excluding hydrogens is 418 g/mol. The van der Waals surface area contributed by atoms with Gasteiger partial charge >= 0.3 is 0 Å². The summed E-state index contributed by atoms with van der Waals surface area (Å²) < 4.78 is 29.5. The van der Waals surface area contributed by atoms with Crippen molar-refractivity contribution in [2.24, 2.45) is 5.92 Å². The van der Waals surface area contributed by atoms with Crippen LogP contribution in [-0.4, -0.2) is 9.97 Å². The van der Waals surface area contributed by atoms with Gasteiger partial charge in [0.2, 0.25) is 0 Å². The lowest BCUT2D eigenvalue weighted by atomic mass is 9.68. The second kappa shape index (κ2) is 9.65. The number of rotatable bonds is 7. The largest absolute Gasteiger partial charge is 0.307 e. The molecule has 0 saturated heterocycles. The fraction of sp³-hybridized carbons (Fsp3) is 0.286. The molecule has 1 heterocycles. The molecule has 1 unspecified atom stereocenters. The van der Waals surface area contributed by atoms with Crippen LogP contribution in [0.4, 0.5) is 8.78 Å². The van der Waals surface area contributed by atoms with Gasteiger partial charge in [0.15, 0.2) is 0 Å². The minimum Gasteiger partial charge on any atom is -0.307 e. The zero-order valence-electron chi connectivity index (χ0n) is 18.9. The van der Waals surface area contributed by atoms with Crippen molar-refractivity contribution in [3.8, 4) is 11.4 Å². The van der Waals surface area contributed by atoms with E-state index in [1.807, 2.05) is 54.6 Å². The van der Waals surface area contributed by atoms with Crippen LogP contribution in [0.25, 0.3) is 11.4 Å². The minimum absolute atomic E-state index is 0.227. The van der Waals surface area contributed by atoms with Gasteiger partial charge in [-0.25, -0.2) is 13.8 Å². The Hall–Kier alpha value is -3.34. The van der Waals surface area contributed by atoms with Crippen LogP contribution in [0.1, 0.15) is 43.5 Å². The second-order valence-corrected chi connectivity index (χ2v) is 9.07. The van der Waals surface area contributed by atoms with Crippen molar-refractivity contribution in [2.45, 2.75) is 44.9 Å². The van der Waals surface area contributed by atoms with Crippen molar-refractivity contribution in [1.82, 2.24) is 9.97 Å². The number of aromatic nitrogens is 2. The Morgan fingerprint density at radius 3 is 2.52 bits per heavy atom. The molecule has 3 nitrogen and oxygen atoms in total. The molecule has 1 N–H and O–H groups in total. The van der Waals surface area contributed by atoms with E-state index >= 15 is 4.39 Å². The Balaban J connectivity index is 1.72. The molecule has 1 aliphatic rings. The molecule has 4 rings (SSSR count). The third-order valence-corrected chi connectivity index (χ3v) is 6.18. The number of benzene rings is 2. The lowest BCUT2D eigenvalue weighted by molar-refractivity contribution is 0.357. The van der Waals surface area contributed by atoms with Crippen LogP contribution in [0.15, 0.2) is 89.3 Å². The molecule has 1 aromatic heterocycles. The van der Waals surface area contributed by atoms with Gasteiger partial charge < -0.3 is 4.98 Å². The first-order valence-corrected chi connectivity index (χ1v) is 11.3. The Kier molecular flexibility index (Phi) is 6.68. The highest BCUT2D eigenvalue weighted by Crippen LogP contribution is 2.46. The molecule has 5 heteroatoms. The van der Waals surface area contributed by atoms with Crippen molar-refractivity contribution in [3.63, 3.8) is 0 Å². The van der Waals surface area contributed by atoms with Gasteiger partial charge in [0.05, 0.1) is 5.41 Å². The summed E-state index contributed by atoms with van der Waals surface area (Å²) in [7, 11) is 0. The number of aromatic amines is 1. The fourth-order valence-corrected chi connectivity index (χ4v) is 4.60. The summed E-state index contributed by atoms with van der Waals surface area (Å²) in [6, 6.07) is 18.7. The molecule has 170 valence electrons. The van der Waals surface area contributed by atoms with Crippen LogP contribution < -0.4 is 5.56 Å². The molecule has 0 fully saturated rings. The highest BCUT2D eigenvalue weighted by atomic mass is 19.1. The zero-order chi connectivity index (χ0) is 23.4. The van der Waals surface area contributed by atoms with Gasteiger partial charge in [0.1, 0.15) is 17.5 Å². The number of nitrogens with zero attached hydrogens (tertiary/aromatic N) is 1. The average Bonchev–Trinajstić information content (AvgIpc) is 2.79. The second-order valence-electron chi connectivity index (χ2n) is 9.07. The molecule has 0 spiro atoms. The average molecular weight is 447 g/mol. The van der Waals surface area contributed by atoms with Crippen molar-refractivity contribution in [2.75, 3.05) is 0 Å². The maximum Gasteiger partial charge on any atom is 0.251 e. The molecule has 1 atom stereocenters. The number of allylic oxidation sites excluding steroid dienone is 4. The summed E-state index contributed by atoms with van der Waals surface area (Å²) in [6.07, 6.45) is 4.24. The lowest BCUT2D eigenvalue weighted by Gasteiger charge is -2.36. The first kappa shape index (κ1) is 22.8.